The molecule has 112 valence electrons. The van der Waals surface area contributed by atoms with Crippen LogP contribution >= 0.6 is 0 Å². The second-order valence-electron chi connectivity index (χ2n) is 6.17. The molecule has 0 radical (unpaired) electrons. The van der Waals surface area contributed by atoms with Gasteiger partial charge in [0.25, 0.3) is 0 Å². The average Bonchev–Trinajstić information content (AvgIpc) is 2.79. The van der Waals surface area contributed by atoms with Crippen molar-refractivity contribution in [3.63, 3.8) is 0 Å². The van der Waals surface area contributed by atoms with Gasteiger partial charge in [-0.2, -0.15) is 0 Å². The lowest BCUT2D eigenvalue weighted by molar-refractivity contribution is 0.437. The highest BCUT2D eigenvalue weighted by molar-refractivity contribution is 5.55. The zero-order valence-corrected chi connectivity index (χ0v) is 13.1. The van der Waals surface area contributed by atoms with Crippen LogP contribution in [0.15, 0.2) is 34.7 Å². The van der Waals surface area contributed by atoms with Crippen molar-refractivity contribution in [3.05, 3.63) is 53.0 Å². The molecule has 21 heavy (non-hydrogen) atoms. The first kappa shape index (κ1) is 14.2. The maximum Gasteiger partial charge on any atom is 0.123 e. The molecule has 0 bridgehead atoms. The van der Waals surface area contributed by atoms with Gasteiger partial charge in [0.1, 0.15) is 11.5 Å². The summed E-state index contributed by atoms with van der Waals surface area (Å²) >= 11 is 0. The largest absolute Gasteiger partial charge is 0.463 e. The van der Waals surface area contributed by atoms with Gasteiger partial charge in [-0.3, -0.25) is 0 Å². The molecule has 3 heteroatoms. The standard InChI is InChI=1S/C18H24N2O/c1-13-8-15-6-4-5-7-17(15)20(11-13)12-16-9-14(2)18(21-16)10-19-3/h4-7,9,13,19H,8,10-12H2,1-3H3. The summed E-state index contributed by atoms with van der Waals surface area (Å²) in [6, 6.07) is 10.9. The summed E-state index contributed by atoms with van der Waals surface area (Å²) in [5.74, 6) is 2.79. The van der Waals surface area contributed by atoms with E-state index in [9.17, 15) is 0 Å². The van der Waals surface area contributed by atoms with Crippen LogP contribution in [0.4, 0.5) is 5.69 Å². The number of hydrogen-bond acceptors (Lipinski definition) is 3. The second-order valence-corrected chi connectivity index (χ2v) is 6.17. The summed E-state index contributed by atoms with van der Waals surface area (Å²) in [6.07, 6.45) is 1.18. The molecule has 0 spiro atoms. The monoisotopic (exact) mass is 284 g/mol. The molecule has 3 nitrogen and oxygen atoms in total. The van der Waals surface area contributed by atoms with Crippen molar-refractivity contribution in [1.82, 2.24) is 5.32 Å². The van der Waals surface area contributed by atoms with Crippen LogP contribution in [0.5, 0.6) is 0 Å². The summed E-state index contributed by atoms with van der Waals surface area (Å²) in [5, 5.41) is 3.16. The molecule has 0 saturated carbocycles. The van der Waals surface area contributed by atoms with Crippen LogP contribution in [0, 0.1) is 12.8 Å². The zero-order chi connectivity index (χ0) is 14.8. The van der Waals surface area contributed by atoms with Gasteiger partial charge in [0.05, 0.1) is 13.1 Å². The van der Waals surface area contributed by atoms with Crippen LogP contribution in [0.25, 0.3) is 0 Å². The number of para-hydroxylation sites is 1. The molecule has 1 aliphatic heterocycles. The van der Waals surface area contributed by atoms with Gasteiger partial charge in [-0.15, -0.1) is 0 Å². The van der Waals surface area contributed by atoms with E-state index in [4.69, 9.17) is 4.42 Å². The van der Waals surface area contributed by atoms with E-state index in [-0.39, 0.29) is 0 Å². The van der Waals surface area contributed by atoms with E-state index in [1.54, 1.807) is 0 Å². The highest BCUT2D eigenvalue weighted by Gasteiger charge is 2.22. The predicted molar refractivity (Wildman–Crippen MR) is 86.6 cm³/mol. The first-order valence-corrected chi connectivity index (χ1v) is 7.73. The van der Waals surface area contributed by atoms with E-state index in [0.717, 1.165) is 31.2 Å². The number of furan rings is 1. The fourth-order valence-corrected chi connectivity index (χ4v) is 3.25. The van der Waals surface area contributed by atoms with E-state index >= 15 is 0 Å². The SMILES string of the molecule is CNCc1oc(CN2CC(C)Cc3ccccc32)cc1C. The summed E-state index contributed by atoms with van der Waals surface area (Å²) in [7, 11) is 1.95. The minimum Gasteiger partial charge on any atom is -0.463 e. The molecule has 2 aromatic rings. The van der Waals surface area contributed by atoms with E-state index in [0.29, 0.717) is 5.92 Å². The van der Waals surface area contributed by atoms with Crippen molar-refractivity contribution in [1.29, 1.82) is 0 Å². The third-order valence-electron chi connectivity index (χ3n) is 4.19. The van der Waals surface area contributed by atoms with E-state index in [1.165, 1.54) is 23.2 Å². The molecule has 1 unspecified atom stereocenters. The molecule has 0 amide bonds. The Bertz CT molecular complexity index is 617. The fraction of sp³-hybridized carbons (Fsp3) is 0.444. The average molecular weight is 284 g/mol. The van der Waals surface area contributed by atoms with Crippen LogP contribution in [-0.4, -0.2) is 13.6 Å². The smallest absolute Gasteiger partial charge is 0.123 e. The van der Waals surface area contributed by atoms with Crippen molar-refractivity contribution in [2.45, 2.75) is 33.4 Å². The Labute approximate surface area is 127 Å². The molecule has 0 saturated heterocycles. The van der Waals surface area contributed by atoms with Crippen LogP contribution < -0.4 is 10.2 Å². The van der Waals surface area contributed by atoms with E-state index in [1.807, 2.05) is 7.05 Å². The molecule has 0 fully saturated rings. The van der Waals surface area contributed by atoms with Gasteiger partial charge < -0.3 is 14.6 Å². The maximum atomic E-state index is 6.00. The van der Waals surface area contributed by atoms with Crippen LogP contribution in [0.1, 0.15) is 29.6 Å². The Morgan fingerprint density at radius 1 is 1.33 bits per heavy atom. The highest BCUT2D eigenvalue weighted by Crippen LogP contribution is 2.31. The van der Waals surface area contributed by atoms with Crippen LogP contribution in [-0.2, 0) is 19.5 Å². The number of nitrogens with zero attached hydrogens (tertiary/aromatic N) is 1. The first-order chi connectivity index (χ1) is 10.2. The third-order valence-corrected chi connectivity index (χ3v) is 4.19. The molecular formula is C18H24N2O. The molecule has 1 aromatic carbocycles. The minimum atomic E-state index is 0.688. The van der Waals surface area contributed by atoms with E-state index < -0.39 is 0 Å². The normalized spacial score (nSPS) is 17.9. The number of nitrogens with one attached hydrogen (secondary N) is 1. The van der Waals surface area contributed by atoms with Gasteiger partial charge >= 0.3 is 0 Å². The number of hydrogen-bond donors (Lipinski definition) is 1. The second kappa shape index (κ2) is 5.94. The minimum absolute atomic E-state index is 0.688. The van der Waals surface area contributed by atoms with Gasteiger partial charge in [0.2, 0.25) is 0 Å². The Hall–Kier alpha value is -1.74. The molecule has 1 aliphatic rings. The number of benzene rings is 1. The van der Waals surface area contributed by atoms with Gasteiger partial charge in [0.15, 0.2) is 0 Å². The number of anilines is 1. The topological polar surface area (TPSA) is 28.4 Å². The van der Waals surface area contributed by atoms with Gasteiger partial charge in [-0.05, 0) is 49.6 Å². The van der Waals surface area contributed by atoms with Crippen molar-refractivity contribution in [3.8, 4) is 0 Å². The Balaban J connectivity index is 1.83. The molecule has 1 atom stereocenters. The molecule has 2 heterocycles. The quantitative estimate of drug-likeness (QED) is 0.931. The van der Waals surface area contributed by atoms with Gasteiger partial charge in [0, 0.05) is 12.2 Å². The summed E-state index contributed by atoms with van der Waals surface area (Å²) in [4.78, 5) is 2.45. The Morgan fingerprint density at radius 3 is 2.95 bits per heavy atom. The predicted octanol–water partition coefficient (Wildman–Crippen LogP) is 3.51. The fourth-order valence-electron chi connectivity index (χ4n) is 3.25. The van der Waals surface area contributed by atoms with Crippen molar-refractivity contribution in [2.24, 2.45) is 5.92 Å². The lowest BCUT2D eigenvalue weighted by Gasteiger charge is -2.34. The molecular weight excluding hydrogens is 260 g/mol. The van der Waals surface area contributed by atoms with Gasteiger partial charge in [-0.25, -0.2) is 0 Å². The molecule has 3 rings (SSSR count). The van der Waals surface area contributed by atoms with Crippen molar-refractivity contribution in [2.75, 3.05) is 18.5 Å². The number of aryl methyl sites for hydroxylation is 1. The number of fused-ring (bicyclic) bond motifs is 1. The molecule has 1 aromatic heterocycles. The first-order valence-electron chi connectivity index (χ1n) is 7.73. The maximum absolute atomic E-state index is 6.00. The van der Waals surface area contributed by atoms with E-state index in [2.05, 4.69) is 54.4 Å². The summed E-state index contributed by atoms with van der Waals surface area (Å²) in [5.41, 5.74) is 4.05. The zero-order valence-electron chi connectivity index (χ0n) is 13.1. The molecule has 0 aliphatic carbocycles. The van der Waals surface area contributed by atoms with Crippen LogP contribution in [0.2, 0.25) is 0 Å². The highest BCUT2D eigenvalue weighted by atomic mass is 16.3. The summed E-state index contributed by atoms with van der Waals surface area (Å²) in [6.45, 7) is 7.18. The Kier molecular flexibility index (Phi) is 4.02. The van der Waals surface area contributed by atoms with Crippen molar-refractivity contribution >= 4 is 5.69 Å². The summed E-state index contributed by atoms with van der Waals surface area (Å²) < 4.78 is 6.00. The van der Waals surface area contributed by atoms with Gasteiger partial charge in [-0.1, -0.05) is 25.1 Å². The molecule has 1 N–H and O–H groups in total. The lowest BCUT2D eigenvalue weighted by atomic mass is 9.94. The van der Waals surface area contributed by atoms with Crippen LogP contribution in [0.3, 0.4) is 0 Å². The third kappa shape index (κ3) is 2.98. The van der Waals surface area contributed by atoms with Crippen molar-refractivity contribution < 1.29 is 4.42 Å². The lowest BCUT2D eigenvalue weighted by Crippen LogP contribution is -2.33. The number of rotatable bonds is 4. The Morgan fingerprint density at radius 2 is 2.14 bits per heavy atom.